The summed E-state index contributed by atoms with van der Waals surface area (Å²) in [5.74, 6) is 0. The van der Waals surface area contributed by atoms with Gasteiger partial charge in [0.25, 0.3) is 0 Å². The first-order chi connectivity index (χ1) is 19.7. The van der Waals surface area contributed by atoms with Gasteiger partial charge in [0.1, 0.15) is 0 Å². The summed E-state index contributed by atoms with van der Waals surface area (Å²) in [5.41, 5.74) is 11.8. The van der Waals surface area contributed by atoms with Gasteiger partial charge in [-0.15, -0.1) is 0 Å². The fraction of sp³-hybridized carbons (Fsp3) is 0.0526. The normalized spacial score (nSPS) is 11.2. The molecule has 0 unspecified atom stereocenters. The van der Waals surface area contributed by atoms with Crippen molar-refractivity contribution in [1.82, 2.24) is 9.97 Å². The molecule has 0 spiro atoms. The maximum absolute atomic E-state index is 4.58. The van der Waals surface area contributed by atoms with Crippen molar-refractivity contribution >= 4 is 21.5 Å². The molecule has 0 aliphatic rings. The van der Waals surface area contributed by atoms with Gasteiger partial charge in [0.2, 0.25) is 0 Å². The molecule has 0 saturated heterocycles. The van der Waals surface area contributed by atoms with Crippen molar-refractivity contribution in [3.63, 3.8) is 0 Å². The van der Waals surface area contributed by atoms with E-state index in [4.69, 9.17) is 0 Å². The number of fused-ring (bicyclic) bond motifs is 2. The third-order valence-corrected chi connectivity index (χ3v) is 7.79. The minimum atomic E-state index is 1.00. The molecule has 0 aliphatic heterocycles. The number of nitrogens with zero attached hydrogens (tertiary/aromatic N) is 2. The summed E-state index contributed by atoms with van der Waals surface area (Å²) >= 11 is 0. The Bertz CT molecular complexity index is 1950. The van der Waals surface area contributed by atoms with Crippen molar-refractivity contribution in [3.05, 3.63) is 145 Å². The highest BCUT2D eigenvalue weighted by Gasteiger charge is 2.17. The van der Waals surface area contributed by atoms with Crippen LogP contribution in [0.3, 0.4) is 0 Å². The monoisotopic (exact) mass is 512 g/mol. The average molecular weight is 513 g/mol. The highest BCUT2D eigenvalue weighted by Crippen LogP contribution is 2.44. The number of aryl methyl sites for hydroxylation is 2. The second kappa shape index (κ2) is 9.91. The summed E-state index contributed by atoms with van der Waals surface area (Å²) in [6.45, 7) is 4.21. The van der Waals surface area contributed by atoms with E-state index in [1.807, 2.05) is 31.5 Å². The van der Waals surface area contributed by atoms with E-state index in [2.05, 4.69) is 126 Å². The Morgan fingerprint density at radius 1 is 0.425 bits per heavy atom. The van der Waals surface area contributed by atoms with Crippen LogP contribution in [-0.4, -0.2) is 9.97 Å². The van der Waals surface area contributed by atoms with E-state index in [1.54, 1.807) is 0 Å². The van der Waals surface area contributed by atoms with Gasteiger partial charge in [-0.05, 0) is 98.6 Å². The lowest BCUT2D eigenvalue weighted by molar-refractivity contribution is 1.20. The minimum absolute atomic E-state index is 1.00. The molecular formula is C38H28N2. The lowest BCUT2D eigenvalue weighted by Gasteiger charge is -2.18. The van der Waals surface area contributed by atoms with Crippen LogP contribution in [0, 0.1) is 13.8 Å². The Hall–Kier alpha value is -5.08. The zero-order valence-corrected chi connectivity index (χ0v) is 22.6. The van der Waals surface area contributed by atoms with Gasteiger partial charge in [-0.25, -0.2) is 0 Å². The molecule has 0 atom stereocenters. The molecule has 0 amide bonds. The molecule has 0 N–H and O–H groups in total. The molecule has 40 heavy (non-hydrogen) atoms. The van der Waals surface area contributed by atoms with Crippen LogP contribution in [-0.2, 0) is 0 Å². The van der Waals surface area contributed by atoms with Crippen LogP contribution in [0.2, 0.25) is 0 Å². The maximum atomic E-state index is 4.58. The molecular weight excluding hydrogens is 484 g/mol. The Morgan fingerprint density at radius 2 is 1.00 bits per heavy atom. The van der Waals surface area contributed by atoms with E-state index < -0.39 is 0 Å². The smallest absolute Gasteiger partial charge is 0.0704 e. The first kappa shape index (κ1) is 24.0. The lowest BCUT2D eigenvalue weighted by atomic mass is 9.85. The van der Waals surface area contributed by atoms with E-state index >= 15 is 0 Å². The Balaban J connectivity index is 1.43. The minimum Gasteiger partial charge on any atom is -0.262 e. The van der Waals surface area contributed by atoms with Gasteiger partial charge in [-0.2, -0.15) is 0 Å². The maximum Gasteiger partial charge on any atom is 0.0704 e. The summed E-state index contributed by atoms with van der Waals surface area (Å²) < 4.78 is 0. The van der Waals surface area contributed by atoms with Crippen molar-refractivity contribution < 1.29 is 0 Å². The highest BCUT2D eigenvalue weighted by molar-refractivity contribution is 6.21. The van der Waals surface area contributed by atoms with E-state index in [-0.39, 0.29) is 0 Å². The fourth-order valence-corrected chi connectivity index (χ4v) is 5.93. The Labute approximate surface area is 234 Å². The zero-order valence-electron chi connectivity index (χ0n) is 22.6. The van der Waals surface area contributed by atoms with E-state index in [9.17, 15) is 0 Å². The molecule has 0 saturated carbocycles. The molecule has 0 aliphatic carbocycles. The van der Waals surface area contributed by atoms with Crippen LogP contribution in [0.25, 0.3) is 66.2 Å². The molecule has 5 aromatic carbocycles. The molecule has 7 aromatic rings. The van der Waals surface area contributed by atoms with Crippen molar-refractivity contribution in [3.8, 4) is 44.6 Å². The fourth-order valence-electron chi connectivity index (χ4n) is 5.93. The Kier molecular flexibility index (Phi) is 5.94. The Morgan fingerprint density at radius 3 is 1.57 bits per heavy atom. The number of pyridine rings is 2. The predicted octanol–water partition coefficient (Wildman–Crippen LogP) is 10.1. The molecule has 2 aromatic heterocycles. The second-order valence-electron chi connectivity index (χ2n) is 10.3. The lowest BCUT2D eigenvalue weighted by Crippen LogP contribution is -1.92. The second-order valence-corrected chi connectivity index (χ2v) is 10.3. The molecule has 0 bridgehead atoms. The first-order valence-corrected chi connectivity index (χ1v) is 13.7. The molecule has 2 heterocycles. The van der Waals surface area contributed by atoms with Crippen LogP contribution < -0.4 is 0 Å². The van der Waals surface area contributed by atoms with Crippen LogP contribution in [0.15, 0.2) is 134 Å². The van der Waals surface area contributed by atoms with Crippen molar-refractivity contribution in [1.29, 1.82) is 0 Å². The highest BCUT2D eigenvalue weighted by atomic mass is 14.7. The summed E-state index contributed by atoms with van der Waals surface area (Å²) in [5, 5.41) is 5.04. The van der Waals surface area contributed by atoms with Gasteiger partial charge < -0.3 is 0 Å². The standard InChI is InChI=1S/C38H28N2/c1-25-23-30(18-19-31(25)36-13-7-8-21-40-36)38-34-11-5-3-9-32(34)37(33-10-4-6-12-35(33)38)28-16-14-27(15-17-28)29-20-22-39-26(2)24-29/h3-24H,1-2H3. The third kappa shape index (κ3) is 4.15. The molecule has 7 rings (SSSR count). The van der Waals surface area contributed by atoms with E-state index in [0.29, 0.717) is 0 Å². The molecule has 0 radical (unpaired) electrons. The summed E-state index contributed by atoms with van der Waals surface area (Å²) in [7, 11) is 0. The van der Waals surface area contributed by atoms with Gasteiger partial charge in [0.05, 0.1) is 5.69 Å². The number of aromatic nitrogens is 2. The molecule has 2 nitrogen and oxygen atoms in total. The molecule has 2 heteroatoms. The summed E-state index contributed by atoms with van der Waals surface area (Å²) in [6, 6.07) is 43.6. The third-order valence-electron chi connectivity index (χ3n) is 7.79. The van der Waals surface area contributed by atoms with Gasteiger partial charge in [-0.3, -0.25) is 9.97 Å². The van der Waals surface area contributed by atoms with Crippen LogP contribution >= 0.6 is 0 Å². The largest absolute Gasteiger partial charge is 0.262 e. The first-order valence-electron chi connectivity index (χ1n) is 13.7. The van der Waals surface area contributed by atoms with Crippen LogP contribution in [0.1, 0.15) is 11.3 Å². The zero-order chi connectivity index (χ0) is 27.1. The predicted molar refractivity (Wildman–Crippen MR) is 168 cm³/mol. The number of rotatable bonds is 4. The van der Waals surface area contributed by atoms with Gasteiger partial charge in [-0.1, -0.05) is 97.1 Å². The number of hydrogen-bond acceptors (Lipinski definition) is 2. The summed E-state index contributed by atoms with van der Waals surface area (Å²) in [4.78, 5) is 8.94. The molecule has 190 valence electrons. The van der Waals surface area contributed by atoms with Crippen molar-refractivity contribution in [2.45, 2.75) is 13.8 Å². The van der Waals surface area contributed by atoms with E-state index in [1.165, 1.54) is 66.1 Å². The van der Waals surface area contributed by atoms with E-state index in [0.717, 1.165) is 11.4 Å². The molecule has 0 fully saturated rings. The topological polar surface area (TPSA) is 25.8 Å². The van der Waals surface area contributed by atoms with Gasteiger partial charge >= 0.3 is 0 Å². The SMILES string of the molecule is Cc1cc(-c2ccc(-c3c4ccccc4c(-c4ccc(-c5ccccn5)c(C)c4)c4ccccc34)cc2)ccn1. The number of hydrogen-bond donors (Lipinski definition) is 0. The number of benzene rings is 5. The van der Waals surface area contributed by atoms with Gasteiger partial charge in [0, 0.05) is 23.7 Å². The van der Waals surface area contributed by atoms with Crippen LogP contribution in [0.4, 0.5) is 0 Å². The van der Waals surface area contributed by atoms with Crippen LogP contribution in [0.5, 0.6) is 0 Å². The van der Waals surface area contributed by atoms with Crippen molar-refractivity contribution in [2.24, 2.45) is 0 Å². The van der Waals surface area contributed by atoms with Crippen molar-refractivity contribution in [2.75, 3.05) is 0 Å². The van der Waals surface area contributed by atoms with Gasteiger partial charge in [0.15, 0.2) is 0 Å². The summed E-state index contributed by atoms with van der Waals surface area (Å²) in [6.07, 6.45) is 3.73. The average Bonchev–Trinajstić information content (AvgIpc) is 3.00. The quantitative estimate of drug-likeness (QED) is 0.219.